The third-order valence-electron chi connectivity index (χ3n) is 19.3. The van der Waals surface area contributed by atoms with Gasteiger partial charge in [-0.3, -0.25) is 111 Å². The number of carbonyl (C=O) groups excluding carboxylic acids is 8. The number of carboxylic acid groups (broad SMARTS) is 16. The van der Waals surface area contributed by atoms with E-state index in [2.05, 4.69) is 28.2 Å². The van der Waals surface area contributed by atoms with E-state index in [0.717, 1.165) is 63.5 Å². The smallest absolute Gasteiger partial charge is 0.693 e. The van der Waals surface area contributed by atoms with E-state index in [9.17, 15) is 101 Å². The number of imide groups is 4. The van der Waals surface area contributed by atoms with Gasteiger partial charge in [0.1, 0.15) is 0 Å². The molecule has 5 fully saturated rings. The number of carbonyl (C=O) groups is 24. The van der Waals surface area contributed by atoms with E-state index in [4.69, 9.17) is 102 Å². The average molecular weight is 2730 g/mol. The maximum Gasteiger partial charge on any atom is 2.00 e. The summed E-state index contributed by atoms with van der Waals surface area (Å²) in [6.07, 6.45) is 21.9. The van der Waals surface area contributed by atoms with Crippen LogP contribution in [0.4, 0.5) is 19.2 Å². The van der Waals surface area contributed by atoms with Crippen molar-refractivity contribution in [3.63, 3.8) is 0 Å². The van der Waals surface area contributed by atoms with Gasteiger partial charge in [-0.25, -0.2) is 24.0 Å². The predicted octanol–water partition coefficient (Wildman–Crippen LogP) is 9.91. The Labute approximate surface area is 861 Å². The van der Waals surface area contributed by atoms with Crippen LogP contribution in [0.15, 0.2) is 78.9 Å². The number of rotatable bonds is 30. The molecule has 0 saturated heterocycles. The molecule has 12 amide bonds. The molecule has 55 nitrogen and oxygen atoms in total. The first-order chi connectivity index (χ1) is 60.6. The summed E-state index contributed by atoms with van der Waals surface area (Å²) in [5.41, 5.74) is 1.97. The van der Waals surface area contributed by atoms with Crippen molar-refractivity contribution in [3.8, 4) is 0 Å². The number of benzene rings is 1. The van der Waals surface area contributed by atoms with Gasteiger partial charge in [0.15, 0.2) is 21.7 Å². The average Bonchev–Trinajstić information content (AvgIpc) is 1.15. The topological polar surface area (TPSA) is 1020 Å². The second-order valence-electron chi connectivity index (χ2n) is 28.8. The number of nitrogens with two attached hydrogens (primary N) is 6. The molecule has 10 rings (SSSR count). The fourth-order valence-electron chi connectivity index (χ4n) is 11.2. The molecule has 2 atom stereocenters. The molecule has 4 heterocycles. The first kappa shape index (κ1) is 156. The summed E-state index contributed by atoms with van der Waals surface area (Å²) in [6, 6.07) is 8.44. The van der Waals surface area contributed by atoms with Gasteiger partial charge in [0.2, 0.25) is 0 Å². The maximum absolute atomic E-state index is 11.1. The summed E-state index contributed by atoms with van der Waals surface area (Å²) in [4.78, 5) is 254. The Bertz CT molecular complexity index is 3740. The van der Waals surface area contributed by atoms with E-state index < -0.39 is 129 Å². The summed E-state index contributed by atoms with van der Waals surface area (Å²) in [7, 11) is 0. The van der Waals surface area contributed by atoms with Crippen LogP contribution in [0.25, 0.3) is 42.6 Å². The second-order valence-corrected chi connectivity index (χ2v) is 28.8. The molecule has 1 aromatic carbocycles. The van der Waals surface area contributed by atoms with E-state index in [1.807, 2.05) is 0 Å². The number of nitrogens with one attached hydrogen (secondary N) is 5. The molecule has 0 unspecified atom stereocenters. The molecule has 5 saturated carbocycles. The molecular weight excluding hydrogens is 2600 g/mol. The first-order valence-corrected chi connectivity index (χ1v) is 39.9. The first-order valence-electron chi connectivity index (χ1n) is 39.9. The third kappa shape index (κ3) is 63.5. The molecule has 0 bridgehead atoms. The summed E-state index contributed by atoms with van der Waals surface area (Å²) in [5, 5.41) is 140. The minimum Gasteiger partial charge on any atom is -0.693 e. The van der Waals surface area contributed by atoms with E-state index in [0.29, 0.717) is 115 Å². The van der Waals surface area contributed by atoms with Crippen molar-refractivity contribution in [2.24, 2.45) is 27.6 Å². The van der Waals surface area contributed by atoms with Crippen molar-refractivity contribution in [3.05, 3.63) is 134 Å². The Morgan fingerprint density at radius 1 is 0.300 bits per heavy atom. The van der Waals surface area contributed by atoms with Gasteiger partial charge in [-0.1, -0.05) is 43.9 Å². The Hall–Kier alpha value is -12.1. The van der Waals surface area contributed by atoms with Crippen LogP contribution in [0, 0.1) is 34.5 Å². The SMILES string of the molecule is CC(=O)O.CC(=O)O.CC(=O)O.O=C(O)C1(C(=O)O)CCC1.O=C(O)C1(C(=O)O)CCC1.O=C(O)C1(C(=O)O)CCC1.O=C(O)C1(C(=O)O)CCC1.O=C(O)NCCCCCN1C(=O)C=CC1=O.O=C(O)NCCCCCN1C(=O)C=CC1=O.O=C(O)NCCCCCN1C(=O)C=CC1=O.O=C(O)NCCN1C(=O)C=CC1=O.O=C(O)c1ccccc1.[CH2-][C@@H]1CCCC[C@H]1[NH-].[NH2-].[NH2-].[NH2-].[NH2-].[NH2-].[NH2-].[Pt+2].[Pt+2].[Pt+2].[Pt+2]. The molecular formula is C81H125N15O40Pt4. The van der Waals surface area contributed by atoms with E-state index >= 15 is 0 Å². The predicted molar refractivity (Wildman–Crippen MR) is 476 cm³/mol. The third-order valence-corrected chi connectivity index (χ3v) is 19.3. The van der Waals surface area contributed by atoms with Gasteiger partial charge in [-0.05, 0) is 147 Å². The number of hydrogen-bond acceptors (Lipinski definition) is 24. The quantitative estimate of drug-likeness (QED) is 0.0147. The van der Waals surface area contributed by atoms with Crippen molar-refractivity contribution >= 4 is 143 Å². The van der Waals surface area contributed by atoms with Crippen LogP contribution < -0.4 is 21.3 Å². The minimum atomic E-state index is -1.44. The summed E-state index contributed by atoms with van der Waals surface area (Å²) in [6.45, 7) is 9.65. The molecule has 33 N–H and O–H groups in total. The Balaban J connectivity index is -0.000000115. The molecule has 5 aliphatic carbocycles. The van der Waals surface area contributed by atoms with Crippen LogP contribution in [-0.4, -0.2) is 303 Å². The zero-order valence-electron chi connectivity index (χ0n) is 76.2. The van der Waals surface area contributed by atoms with Crippen LogP contribution in [0.3, 0.4) is 0 Å². The van der Waals surface area contributed by atoms with Crippen molar-refractivity contribution in [1.29, 1.82) is 0 Å². The van der Waals surface area contributed by atoms with Crippen LogP contribution in [0.5, 0.6) is 0 Å². The zero-order chi connectivity index (χ0) is 100. The van der Waals surface area contributed by atoms with E-state index in [1.165, 1.54) is 70.4 Å². The zero-order valence-corrected chi connectivity index (χ0v) is 85.3. The van der Waals surface area contributed by atoms with Gasteiger partial charge in [0.25, 0.3) is 65.2 Å². The maximum atomic E-state index is 11.1. The summed E-state index contributed by atoms with van der Waals surface area (Å²) in [5.74, 6) is -15.0. The van der Waals surface area contributed by atoms with Crippen molar-refractivity contribution in [1.82, 2.24) is 40.9 Å². The molecule has 1 aromatic rings. The van der Waals surface area contributed by atoms with Gasteiger partial charge in [0.05, 0.1) is 5.56 Å². The Morgan fingerprint density at radius 2 is 0.486 bits per heavy atom. The number of nitrogens with zero attached hydrogens (tertiary/aromatic N) is 4. The van der Waals surface area contributed by atoms with Crippen molar-refractivity contribution < 1.29 is 281 Å². The monoisotopic (exact) mass is 2730 g/mol. The van der Waals surface area contributed by atoms with Crippen molar-refractivity contribution in [2.45, 2.75) is 187 Å². The normalized spacial score (nSPS) is 15.9. The molecule has 0 radical (unpaired) electrons. The Kier molecular flexibility index (Phi) is 93.5. The van der Waals surface area contributed by atoms with E-state index in [1.54, 1.807) is 30.3 Å². The molecule has 4 aliphatic heterocycles. The van der Waals surface area contributed by atoms with Crippen LogP contribution in [0.1, 0.15) is 192 Å². The molecule has 804 valence electrons. The largest absolute Gasteiger partial charge is 2.00 e. The summed E-state index contributed by atoms with van der Waals surface area (Å²) >= 11 is 0. The minimum absolute atomic E-state index is 0. The van der Waals surface area contributed by atoms with Gasteiger partial charge in [-0.15, -0.1) is 0 Å². The van der Waals surface area contributed by atoms with Crippen LogP contribution in [0.2, 0.25) is 0 Å². The number of carboxylic acids is 12. The van der Waals surface area contributed by atoms with Crippen LogP contribution in [-0.2, 0) is 175 Å². The van der Waals surface area contributed by atoms with E-state index in [-0.39, 0.29) is 227 Å². The molecule has 59 heteroatoms. The second kappa shape index (κ2) is 83.9. The van der Waals surface area contributed by atoms with Crippen molar-refractivity contribution in [2.75, 3.05) is 52.4 Å². The fraction of sp³-hybridized carbons (Fsp3) is 0.519. The van der Waals surface area contributed by atoms with Gasteiger partial charge in [-0.2, -0.15) is 12.0 Å². The molecule has 9 aliphatic rings. The molecule has 0 aromatic heterocycles. The number of aromatic carboxylic acids is 1. The van der Waals surface area contributed by atoms with Gasteiger partial charge < -0.3 is 153 Å². The number of unbranched alkanes of at least 4 members (excludes halogenated alkanes) is 6. The molecule has 0 spiro atoms. The van der Waals surface area contributed by atoms with Crippen LogP contribution >= 0.6 is 0 Å². The fourth-order valence-corrected chi connectivity index (χ4v) is 11.2. The molecule has 140 heavy (non-hydrogen) atoms. The number of hydrogen-bond donors (Lipinski definition) is 20. The van der Waals surface area contributed by atoms with Gasteiger partial charge >= 0.3 is 162 Å². The van der Waals surface area contributed by atoms with Gasteiger partial charge in [0, 0.05) is 122 Å². The Morgan fingerprint density at radius 3 is 0.621 bits per heavy atom. The number of amides is 12. The summed E-state index contributed by atoms with van der Waals surface area (Å²) < 4.78 is 0. The standard InChI is InChI=1S/3C10H14N2O4.C7H8N2O4.C7H13N.C7H6O2.4C6H8O4.3C2H4O2.6H2N.4Pt/c3*13-8-4-5-9(14)12(8)7-3-1-2-6-11-10(15)16;10-5-1-2-6(11)9(5)4-3-8-7(12)13;1-6-4-2-3-5-7(6)8;8-7(9)6-4-2-1-3-5-6;4*7-4(8)6(5(9)10)2-1-3-6;3*1-2(3)4;;;;;;;;;;/h3*4-5,11H,1-3,6-7H2,(H,15,16);1-2,8H,3-4H2,(H,12,13);6-8H,1-5H2;1-5H,(H,8,9);4*1-3H2,(H,7,8)(H,9,10);3*1H3,(H,3,4);6*1H2;;;;/q;;;;-2;;;;;;;;;6*-1;4*+2/t;;;;6-,7-;;;;;;;;;;;;;;;;;;/m....1................../s1. The number of aliphatic carboxylic acids is 11.